The number of hydrogen-bond donors (Lipinski definition) is 1. The fourth-order valence-corrected chi connectivity index (χ4v) is 3.69. The number of nitrogens with one attached hydrogen (secondary N) is 1. The molecule has 0 atom stereocenters. The molecule has 0 amide bonds. The molecule has 0 radical (unpaired) electrons. The normalized spacial score (nSPS) is 15.5. The van der Waals surface area contributed by atoms with Crippen molar-refractivity contribution in [2.45, 2.75) is 52.0 Å². The number of benzene rings is 1. The van der Waals surface area contributed by atoms with Crippen LogP contribution in [0, 0.1) is 25.5 Å². The zero-order chi connectivity index (χ0) is 18.3. The Bertz CT molecular complexity index is 960. The predicted molar refractivity (Wildman–Crippen MR) is 96.1 cm³/mol. The Kier molecular flexibility index (Phi) is 4.30. The quantitative estimate of drug-likeness (QED) is 0.753. The summed E-state index contributed by atoms with van der Waals surface area (Å²) in [6, 6.07) is 2.74. The van der Waals surface area contributed by atoms with E-state index in [0.29, 0.717) is 22.9 Å². The summed E-state index contributed by atoms with van der Waals surface area (Å²) >= 11 is 0. The second-order valence-electron chi connectivity index (χ2n) is 6.95. The Morgan fingerprint density at radius 1 is 1.08 bits per heavy atom. The number of fused-ring (bicyclic) bond motifs is 1. The molecule has 136 valence electrons. The number of halogens is 2. The van der Waals surface area contributed by atoms with Gasteiger partial charge in [0.15, 0.2) is 0 Å². The van der Waals surface area contributed by atoms with E-state index in [-0.39, 0.29) is 17.2 Å². The van der Waals surface area contributed by atoms with Crippen molar-refractivity contribution in [2.75, 3.05) is 5.32 Å². The van der Waals surface area contributed by atoms with Crippen LogP contribution in [-0.2, 0) is 0 Å². The molecule has 0 spiro atoms. The first-order valence-corrected chi connectivity index (χ1v) is 8.97. The minimum atomic E-state index is -0.472. The van der Waals surface area contributed by atoms with Crippen LogP contribution in [0.1, 0.15) is 43.4 Å². The van der Waals surface area contributed by atoms with Crippen molar-refractivity contribution in [2.24, 2.45) is 0 Å². The lowest BCUT2D eigenvalue weighted by atomic mass is 9.95. The van der Waals surface area contributed by atoms with Gasteiger partial charge in [-0.25, -0.2) is 13.8 Å². The Balaban J connectivity index is 1.91. The molecule has 3 aromatic rings. The van der Waals surface area contributed by atoms with Crippen LogP contribution in [-0.4, -0.2) is 25.6 Å². The molecule has 0 bridgehead atoms. The van der Waals surface area contributed by atoms with Gasteiger partial charge in [0.1, 0.15) is 23.8 Å². The van der Waals surface area contributed by atoms with E-state index in [4.69, 9.17) is 0 Å². The summed E-state index contributed by atoms with van der Waals surface area (Å²) in [4.78, 5) is 8.57. The third-order valence-corrected chi connectivity index (χ3v) is 5.07. The first-order valence-electron chi connectivity index (χ1n) is 8.97. The highest BCUT2D eigenvalue weighted by Gasteiger charge is 2.23. The Labute approximate surface area is 150 Å². The van der Waals surface area contributed by atoms with Crippen molar-refractivity contribution >= 4 is 11.6 Å². The van der Waals surface area contributed by atoms with E-state index in [9.17, 15) is 8.78 Å². The summed E-state index contributed by atoms with van der Waals surface area (Å²) in [7, 11) is 0. The Morgan fingerprint density at radius 2 is 1.85 bits per heavy atom. The molecule has 5 nitrogen and oxygen atoms in total. The number of anilines is 1. The summed E-state index contributed by atoms with van der Waals surface area (Å²) in [5.41, 5.74) is 1.59. The van der Waals surface area contributed by atoms with E-state index in [0.717, 1.165) is 25.7 Å². The van der Waals surface area contributed by atoms with Crippen LogP contribution in [0.15, 0.2) is 18.5 Å². The highest BCUT2D eigenvalue weighted by atomic mass is 19.1. The van der Waals surface area contributed by atoms with Crippen LogP contribution in [0.5, 0.6) is 0 Å². The molecule has 1 aliphatic rings. The zero-order valence-corrected chi connectivity index (χ0v) is 14.9. The second kappa shape index (κ2) is 6.63. The third kappa shape index (κ3) is 2.91. The highest BCUT2D eigenvalue weighted by Crippen LogP contribution is 2.35. The SMILES string of the molecule is Cc1cc(F)c(-c2c(C)nc3ncnn3c2NC2CCCCC2)cc1F. The standard InChI is InChI=1S/C19H21F2N5/c1-11-8-16(21)14(9-15(11)20)17-12(2)24-19-22-10-23-26(19)18(17)25-13-6-4-3-5-7-13/h8-10,13,25H,3-7H2,1-2H3. The van der Waals surface area contributed by atoms with Crippen molar-refractivity contribution in [1.29, 1.82) is 0 Å². The third-order valence-electron chi connectivity index (χ3n) is 5.07. The van der Waals surface area contributed by atoms with E-state index in [1.54, 1.807) is 18.4 Å². The average Bonchev–Trinajstić information content (AvgIpc) is 3.08. The van der Waals surface area contributed by atoms with Crippen LogP contribution in [0.4, 0.5) is 14.6 Å². The lowest BCUT2D eigenvalue weighted by Gasteiger charge is -2.26. The van der Waals surface area contributed by atoms with E-state index in [1.807, 2.05) is 0 Å². The van der Waals surface area contributed by atoms with Crippen LogP contribution in [0.3, 0.4) is 0 Å². The number of nitrogens with zero attached hydrogens (tertiary/aromatic N) is 4. The van der Waals surface area contributed by atoms with Crippen molar-refractivity contribution in [3.63, 3.8) is 0 Å². The molecule has 1 fully saturated rings. The largest absolute Gasteiger partial charge is 0.367 e. The molecule has 2 heterocycles. The maximum Gasteiger partial charge on any atom is 0.254 e. The van der Waals surface area contributed by atoms with Crippen LogP contribution in [0.2, 0.25) is 0 Å². The van der Waals surface area contributed by atoms with Gasteiger partial charge in [-0.15, -0.1) is 0 Å². The van der Waals surface area contributed by atoms with E-state index >= 15 is 0 Å². The molecule has 7 heteroatoms. The fraction of sp³-hybridized carbons (Fsp3) is 0.421. The Hall–Kier alpha value is -2.57. The fourth-order valence-electron chi connectivity index (χ4n) is 3.69. The molecular weight excluding hydrogens is 336 g/mol. The summed E-state index contributed by atoms with van der Waals surface area (Å²) in [6.45, 7) is 3.34. The summed E-state index contributed by atoms with van der Waals surface area (Å²) in [5.74, 6) is 0.152. The molecule has 26 heavy (non-hydrogen) atoms. The molecule has 0 saturated heterocycles. The van der Waals surface area contributed by atoms with Gasteiger partial charge in [-0.2, -0.15) is 14.6 Å². The summed E-state index contributed by atoms with van der Waals surface area (Å²) in [5, 5.41) is 7.76. The second-order valence-corrected chi connectivity index (χ2v) is 6.95. The minimum absolute atomic E-state index is 0.189. The summed E-state index contributed by atoms with van der Waals surface area (Å²) < 4.78 is 30.5. The topological polar surface area (TPSA) is 55.1 Å². The zero-order valence-electron chi connectivity index (χ0n) is 14.9. The van der Waals surface area contributed by atoms with E-state index < -0.39 is 11.6 Å². The lowest BCUT2D eigenvalue weighted by Crippen LogP contribution is -2.24. The van der Waals surface area contributed by atoms with Crippen molar-refractivity contribution in [3.8, 4) is 11.1 Å². The Morgan fingerprint density at radius 3 is 2.62 bits per heavy atom. The van der Waals surface area contributed by atoms with Crippen molar-refractivity contribution in [3.05, 3.63) is 41.4 Å². The van der Waals surface area contributed by atoms with Gasteiger partial charge in [0.25, 0.3) is 5.78 Å². The van der Waals surface area contributed by atoms with Crippen LogP contribution in [0.25, 0.3) is 16.9 Å². The van der Waals surface area contributed by atoms with Gasteiger partial charge >= 0.3 is 0 Å². The smallest absolute Gasteiger partial charge is 0.254 e. The maximum atomic E-state index is 14.7. The van der Waals surface area contributed by atoms with Gasteiger partial charge in [0.2, 0.25) is 0 Å². The molecule has 1 saturated carbocycles. The van der Waals surface area contributed by atoms with E-state index in [1.165, 1.54) is 24.9 Å². The molecule has 0 aliphatic heterocycles. The van der Waals surface area contributed by atoms with E-state index in [2.05, 4.69) is 20.4 Å². The maximum absolute atomic E-state index is 14.7. The van der Waals surface area contributed by atoms with Gasteiger partial charge in [0.05, 0.1) is 5.69 Å². The molecule has 2 aromatic heterocycles. The summed E-state index contributed by atoms with van der Waals surface area (Å²) in [6.07, 6.45) is 7.06. The van der Waals surface area contributed by atoms with Crippen molar-refractivity contribution in [1.82, 2.24) is 19.6 Å². The number of aromatic nitrogens is 4. The molecule has 1 aromatic carbocycles. The van der Waals surface area contributed by atoms with Crippen LogP contribution >= 0.6 is 0 Å². The number of aryl methyl sites for hydroxylation is 2. The average molecular weight is 357 g/mol. The highest BCUT2D eigenvalue weighted by molar-refractivity contribution is 5.79. The number of rotatable bonds is 3. The van der Waals surface area contributed by atoms with Crippen LogP contribution < -0.4 is 5.32 Å². The van der Waals surface area contributed by atoms with Gasteiger partial charge < -0.3 is 5.32 Å². The number of hydrogen-bond acceptors (Lipinski definition) is 4. The molecule has 1 aliphatic carbocycles. The minimum Gasteiger partial charge on any atom is -0.367 e. The first kappa shape index (κ1) is 16.9. The van der Waals surface area contributed by atoms with Gasteiger partial charge in [0, 0.05) is 17.2 Å². The molecule has 0 unspecified atom stereocenters. The van der Waals surface area contributed by atoms with Gasteiger partial charge in [-0.05, 0) is 44.4 Å². The van der Waals surface area contributed by atoms with Gasteiger partial charge in [-0.3, -0.25) is 0 Å². The van der Waals surface area contributed by atoms with Gasteiger partial charge in [-0.1, -0.05) is 19.3 Å². The molecule has 4 rings (SSSR count). The first-order chi connectivity index (χ1) is 12.5. The molecular formula is C19H21F2N5. The lowest BCUT2D eigenvalue weighted by molar-refractivity contribution is 0.461. The van der Waals surface area contributed by atoms with Crippen molar-refractivity contribution < 1.29 is 8.78 Å². The predicted octanol–water partition coefficient (Wildman–Crippen LogP) is 4.43. The molecule has 1 N–H and O–H groups in total. The monoisotopic (exact) mass is 357 g/mol.